The van der Waals surface area contributed by atoms with Gasteiger partial charge in [0, 0.05) is 24.2 Å². The van der Waals surface area contributed by atoms with Crippen LogP contribution in [-0.4, -0.2) is 42.0 Å². The first-order valence-corrected chi connectivity index (χ1v) is 9.73. The molecule has 1 fully saturated rings. The lowest BCUT2D eigenvalue weighted by Gasteiger charge is -2.22. The third kappa shape index (κ3) is 6.04. The molecule has 1 aliphatic rings. The van der Waals surface area contributed by atoms with Gasteiger partial charge in [-0.2, -0.15) is 0 Å². The number of ether oxygens (including phenoxy) is 1. The molecule has 8 heteroatoms. The molecule has 4 amide bonds. The first-order chi connectivity index (χ1) is 13.5. The fourth-order valence-electron chi connectivity index (χ4n) is 3.08. The Morgan fingerprint density at radius 1 is 1.24 bits per heavy atom. The van der Waals surface area contributed by atoms with Crippen molar-refractivity contribution in [2.75, 3.05) is 11.4 Å². The largest absolute Gasteiger partial charge is 0.452 e. The molecule has 158 valence electrons. The summed E-state index contributed by atoms with van der Waals surface area (Å²) in [4.78, 5) is 50.4. The van der Waals surface area contributed by atoms with E-state index < -0.39 is 35.5 Å². The van der Waals surface area contributed by atoms with Gasteiger partial charge in [-0.25, -0.2) is 4.79 Å². The molecule has 1 heterocycles. The second-order valence-electron chi connectivity index (χ2n) is 8.16. The average Bonchev–Trinajstić information content (AvgIpc) is 3.01. The molecule has 2 atom stereocenters. The molecular formula is C21H29N3O5. The van der Waals surface area contributed by atoms with Gasteiger partial charge in [0.1, 0.15) is 0 Å². The molecule has 1 aromatic rings. The molecule has 8 nitrogen and oxygen atoms in total. The zero-order valence-electron chi connectivity index (χ0n) is 17.6. The third-order valence-electron chi connectivity index (χ3n) is 4.51. The Hall–Kier alpha value is -2.90. The number of nitrogens with zero attached hydrogens (tertiary/aromatic N) is 1. The zero-order valence-corrected chi connectivity index (χ0v) is 17.6. The van der Waals surface area contributed by atoms with E-state index in [4.69, 9.17) is 4.74 Å². The lowest BCUT2D eigenvalue weighted by molar-refractivity contribution is -0.158. The topological polar surface area (TPSA) is 105 Å². The van der Waals surface area contributed by atoms with Crippen LogP contribution < -0.4 is 15.5 Å². The minimum absolute atomic E-state index is 0.0235. The van der Waals surface area contributed by atoms with Gasteiger partial charge in [0.2, 0.25) is 5.91 Å². The molecule has 0 saturated carbocycles. The molecule has 29 heavy (non-hydrogen) atoms. The monoisotopic (exact) mass is 403 g/mol. The van der Waals surface area contributed by atoms with Crippen LogP contribution in [0.25, 0.3) is 0 Å². The van der Waals surface area contributed by atoms with Crippen molar-refractivity contribution in [1.29, 1.82) is 0 Å². The molecule has 0 radical (unpaired) electrons. The Balaban J connectivity index is 1.95. The van der Waals surface area contributed by atoms with E-state index >= 15 is 0 Å². The summed E-state index contributed by atoms with van der Waals surface area (Å²) in [5.41, 5.74) is 1.31. The Morgan fingerprint density at radius 3 is 2.52 bits per heavy atom. The first-order valence-electron chi connectivity index (χ1n) is 9.73. The summed E-state index contributed by atoms with van der Waals surface area (Å²) < 4.78 is 5.21. The highest BCUT2D eigenvalue weighted by Crippen LogP contribution is 2.29. The number of rotatable bonds is 5. The van der Waals surface area contributed by atoms with Crippen LogP contribution in [-0.2, 0) is 25.5 Å². The maximum absolute atomic E-state index is 12.5. The number of urea groups is 1. The van der Waals surface area contributed by atoms with Gasteiger partial charge >= 0.3 is 12.0 Å². The number of nitrogens with one attached hydrogen (secondary N) is 2. The summed E-state index contributed by atoms with van der Waals surface area (Å²) >= 11 is 0. The fourth-order valence-corrected chi connectivity index (χ4v) is 3.08. The van der Waals surface area contributed by atoms with Crippen molar-refractivity contribution in [2.24, 2.45) is 5.92 Å². The summed E-state index contributed by atoms with van der Waals surface area (Å²) in [5.74, 6) is -2.17. The molecule has 1 aromatic carbocycles. The minimum Gasteiger partial charge on any atom is -0.452 e. The van der Waals surface area contributed by atoms with Crippen LogP contribution in [0.3, 0.4) is 0 Å². The van der Waals surface area contributed by atoms with Crippen LogP contribution in [0.4, 0.5) is 10.5 Å². The van der Waals surface area contributed by atoms with E-state index in [0.29, 0.717) is 0 Å². The quantitative estimate of drug-likeness (QED) is 0.733. The first kappa shape index (κ1) is 22.4. The van der Waals surface area contributed by atoms with Gasteiger partial charge in [-0.15, -0.1) is 0 Å². The molecule has 1 aliphatic heterocycles. The van der Waals surface area contributed by atoms with E-state index in [2.05, 4.69) is 10.6 Å². The number of amides is 4. The molecule has 2 N–H and O–H groups in total. The van der Waals surface area contributed by atoms with Gasteiger partial charge < -0.3 is 15.0 Å². The molecule has 1 saturated heterocycles. The number of para-hydroxylation sites is 1. The predicted octanol–water partition coefficient (Wildman–Crippen LogP) is 2.16. The summed E-state index contributed by atoms with van der Waals surface area (Å²) in [6.07, 6.45) is -0.362. The van der Waals surface area contributed by atoms with Crippen molar-refractivity contribution in [2.45, 2.75) is 59.1 Å². The number of hydrogen-bond acceptors (Lipinski definition) is 5. The van der Waals surface area contributed by atoms with Gasteiger partial charge in [-0.3, -0.25) is 19.7 Å². The van der Waals surface area contributed by atoms with E-state index in [1.54, 1.807) is 25.7 Å². The Bertz CT molecular complexity index is 800. The smallest absolute Gasteiger partial charge is 0.321 e. The van der Waals surface area contributed by atoms with Crippen LogP contribution in [0.2, 0.25) is 0 Å². The summed E-state index contributed by atoms with van der Waals surface area (Å²) in [6.45, 7) is 8.92. The number of imide groups is 1. The van der Waals surface area contributed by atoms with Crippen LogP contribution >= 0.6 is 0 Å². The second-order valence-corrected chi connectivity index (χ2v) is 8.16. The van der Waals surface area contributed by atoms with Gasteiger partial charge in [-0.05, 0) is 45.7 Å². The van der Waals surface area contributed by atoms with Crippen LogP contribution in [0, 0.1) is 5.92 Å². The SMILES string of the molecule is CCc1ccccc1N1C[C@H](C(=O)O[C@@H](C)C(=O)NC(=O)NC(C)(C)C)CC1=O. The van der Waals surface area contributed by atoms with Gasteiger partial charge in [0.25, 0.3) is 5.91 Å². The number of hydrogen-bond donors (Lipinski definition) is 2. The van der Waals surface area contributed by atoms with Crippen molar-refractivity contribution in [3.05, 3.63) is 29.8 Å². The molecule has 0 aliphatic carbocycles. The van der Waals surface area contributed by atoms with Gasteiger partial charge in [0.15, 0.2) is 6.10 Å². The van der Waals surface area contributed by atoms with Crippen LogP contribution in [0.1, 0.15) is 46.6 Å². The van der Waals surface area contributed by atoms with Crippen molar-refractivity contribution in [1.82, 2.24) is 10.6 Å². The maximum atomic E-state index is 12.5. The van der Waals surface area contributed by atoms with E-state index in [-0.39, 0.29) is 18.9 Å². The van der Waals surface area contributed by atoms with Crippen molar-refractivity contribution in [3.63, 3.8) is 0 Å². The lowest BCUT2D eigenvalue weighted by Crippen LogP contribution is -2.50. The second kappa shape index (κ2) is 9.07. The number of carbonyl (C=O) groups is 4. The highest BCUT2D eigenvalue weighted by molar-refractivity contribution is 6.01. The van der Waals surface area contributed by atoms with E-state index in [1.807, 2.05) is 31.2 Å². The van der Waals surface area contributed by atoms with Crippen molar-refractivity contribution < 1.29 is 23.9 Å². The Kier molecular flexibility index (Phi) is 7.00. The van der Waals surface area contributed by atoms with E-state index in [9.17, 15) is 19.2 Å². The molecular weight excluding hydrogens is 374 g/mol. The number of benzene rings is 1. The molecule has 0 unspecified atom stereocenters. The number of esters is 1. The van der Waals surface area contributed by atoms with Crippen molar-refractivity contribution >= 4 is 29.5 Å². The van der Waals surface area contributed by atoms with Gasteiger partial charge in [0.05, 0.1) is 5.92 Å². The highest BCUT2D eigenvalue weighted by Gasteiger charge is 2.38. The summed E-state index contributed by atoms with van der Waals surface area (Å²) in [5, 5.41) is 4.74. The third-order valence-corrected chi connectivity index (χ3v) is 4.51. The maximum Gasteiger partial charge on any atom is 0.321 e. The van der Waals surface area contributed by atoms with E-state index in [1.165, 1.54) is 6.92 Å². The van der Waals surface area contributed by atoms with Crippen LogP contribution in [0.5, 0.6) is 0 Å². The standard InChI is InChI=1S/C21H29N3O5/c1-6-14-9-7-8-10-16(14)24-12-15(11-17(24)25)19(27)29-13(2)18(26)22-20(28)23-21(3,4)5/h7-10,13,15H,6,11-12H2,1-5H3,(H2,22,23,26,28)/t13-,15+/m0/s1. The zero-order chi connectivity index (χ0) is 21.8. The number of anilines is 1. The molecule has 0 bridgehead atoms. The molecule has 2 rings (SSSR count). The van der Waals surface area contributed by atoms with E-state index in [0.717, 1.165) is 17.7 Å². The fraction of sp³-hybridized carbons (Fsp3) is 0.524. The van der Waals surface area contributed by atoms with Crippen LogP contribution in [0.15, 0.2) is 24.3 Å². The summed E-state index contributed by atoms with van der Waals surface area (Å²) in [7, 11) is 0. The highest BCUT2D eigenvalue weighted by atomic mass is 16.5. The Morgan fingerprint density at radius 2 is 1.90 bits per heavy atom. The normalized spacial score (nSPS) is 17.6. The number of aryl methyl sites for hydroxylation is 1. The predicted molar refractivity (Wildman–Crippen MR) is 108 cm³/mol. The number of carbonyl (C=O) groups excluding carboxylic acids is 4. The van der Waals surface area contributed by atoms with Gasteiger partial charge in [-0.1, -0.05) is 25.1 Å². The Labute approximate surface area is 171 Å². The average molecular weight is 403 g/mol. The molecule has 0 aromatic heterocycles. The minimum atomic E-state index is -1.15. The van der Waals surface area contributed by atoms with Crippen molar-refractivity contribution in [3.8, 4) is 0 Å². The molecule has 0 spiro atoms. The lowest BCUT2D eigenvalue weighted by atomic mass is 10.1. The summed E-state index contributed by atoms with van der Waals surface area (Å²) in [6, 6.07) is 6.90.